The average molecular weight is 286 g/mol. The molecule has 0 spiro atoms. The summed E-state index contributed by atoms with van der Waals surface area (Å²) in [4.78, 5) is 4.41. The molecule has 0 aliphatic rings. The molecule has 0 fully saturated rings. The minimum atomic E-state index is -3.16. The fraction of sp³-hybridized carbons (Fsp3) is 0.100. The quantitative estimate of drug-likeness (QED) is 0.808. The van der Waals surface area contributed by atoms with Gasteiger partial charge in [-0.1, -0.05) is 22.0 Å². The number of benzene rings is 1. The number of hydrogen-bond acceptors (Lipinski definition) is 3. The highest BCUT2D eigenvalue weighted by Gasteiger charge is 2.08. The summed E-state index contributed by atoms with van der Waals surface area (Å²) >= 11 is 3.38. The number of fused-ring (bicyclic) bond motifs is 1. The molecule has 0 aliphatic heterocycles. The number of nitrogens with zero attached hydrogens (tertiary/aromatic N) is 1. The van der Waals surface area contributed by atoms with E-state index in [0.717, 1.165) is 9.86 Å². The monoisotopic (exact) mass is 285 g/mol. The maximum absolute atomic E-state index is 11.3. The fourth-order valence-corrected chi connectivity index (χ4v) is 2.42. The normalized spacial score (nSPS) is 11.9. The van der Waals surface area contributed by atoms with Gasteiger partial charge >= 0.3 is 0 Å². The maximum atomic E-state index is 11.3. The van der Waals surface area contributed by atoms with E-state index in [2.05, 4.69) is 20.9 Å². The smallest absolute Gasteiger partial charge is 0.175 e. The topological polar surface area (TPSA) is 47.0 Å². The number of hydrogen-bond donors (Lipinski definition) is 0. The van der Waals surface area contributed by atoms with Crippen LogP contribution in [-0.2, 0) is 9.84 Å². The minimum Gasteiger partial charge on any atom is -0.256 e. The lowest BCUT2D eigenvalue weighted by Crippen LogP contribution is -1.96. The predicted molar refractivity (Wildman–Crippen MR) is 62.6 cm³/mol. The summed E-state index contributed by atoms with van der Waals surface area (Å²) in [6.45, 7) is 0. The highest BCUT2D eigenvalue weighted by atomic mass is 79.9. The fourth-order valence-electron chi connectivity index (χ4n) is 1.32. The van der Waals surface area contributed by atoms with E-state index in [4.69, 9.17) is 0 Å². The number of pyridine rings is 1. The summed E-state index contributed by atoms with van der Waals surface area (Å²) in [7, 11) is -3.16. The highest BCUT2D eigenvalue weighted by Crippen LogP contribution is 2.24. The lowest BCUT2D eigenvalue weighted by molar-refractivity contribution is 0.602. The van der Waals surface area contributed by atoms with Gasteiger partial charge in [-0.15, -0.1) is 0 Å². The molecule has 0 saturated carbocycles. The number of aromatic nitrogens is 1. The first-order valence-corrected chi connectivity index (χ1v) is 6.91. The molecule has 0 N–H and O–H groups in total. The van der Waals surface area contributed by atoms with Crippen LogP contribution in [0, 0.1) is 0 Å². The standard InChI is InChI=1S/C10H8BrNO2S/c1-15(13,14)7-2-3-8-9(11)4-5-12-10(8)6-7/h2-6H,1H3. The second-order valence-electron chi connectivity index (χ2n) is 3.24. The van der Waals surface area contributed by atoms with Gasteiger partial charge in [0, 0.05) is 22.3 Å². The van der Waals surface area contributed by atoms with Crippen molar-refractivity contribution in [3.63, 3.8) is 0 Å². The van der Waals surface area contributed by atoms with E-state index in [1.807, 2.05) is 6.07 Å². The van der Waals surface area contributed by atoms with Gasteiger partial charge in [-0.05, 0) is 18.2 Å². The Morgan fingerprint density at radius 1 is 1.27 bits per heavy atom. The lowest BCUT2D eigenvalue weighted by Gasteiger charge is -2.02. The SMILES string of the molecule is CS(=O)(=O)c1ccc2c(Br)ccnc2c1. The molecule has 0 bridgehead atoms. The third-order valence-corrected chi connectivity index (χ3v) is 3.89. The van der Waals surface area contributed by atoms with E-state index in [-0.39, 0.29) is 0 Å². The lowest BCUT2D eigenvalue weighted by atomic mass is 10.2. The first kappa shape index (κ1) is 10.6. The molecule has 0 aliphatic carbocycles. The molecule has 5 heteroatoms. The number of sulfone groups is 1. The van der Waals surface area contributed by atoms with Crippen LogP contribution in [0.2, 0.25) is 0 Å². The van der Waals surface area contributed by atoms with Gasteiger partial charge in [0.1, 0.15) is 0 Å². The van der Waals surface area contributed by atoms with Crippen LogP contribution in [0.25, 0.3) is 10.9 Å². The Kier molecular flexibility index (Phi) is 2.52. The highest BCUT2D eigenvalue weighted by molar-refractivity contribution is 9.10. The largest absolute Gasteiger partial charge is 0.256 e. The Morgan fingerprint density at radius 3 is 2.67 bits per heavy atom. The van der Waals surface area contributed by atoms with Gasteiger partial charge < -0.3 is 0 Å². The van der Waals surface area contributed by atoms with Crippen LogP contribution in [0.15, 0.2) is 39.8 Å². The molecule has 0 amide bonds. The Morgan fingerprint density at radius 2 is 2.00 bits per heavy atom. The zero-order valence-electron chi connectivity index (χ0n) is 7.94. The van der Waals surface area contributed by atoms with Crippen molar-refractivity contribution < 1.29 is 8.42 Å². The van der Waals surface area contributed by atoms with E-state index < -0.39 is 9.84 Å². The number of halogens is 1. The van der Waals surface area contributed by atoms with Crippen LogP contribution in [0.3, 0.4) is 0 Å². The molecule has 0 radical (unpaired) electrons. The van der Waals surface area contributed by atoms with Crippen molar-refractivity contribution in [1.82, 2.24) is 4.98 Å². The van der Waals surface area contributed by atoms with Crippen LogP contribution >= 0.6 is 15.9 Å². The Bertz CT molecular complexity index is 622. The summed E-state index contributed by atoms with van der Waals surface area (Å²) in [6, 6.07) is 6.74. The van der Waals surface area contributed by atoms with E-state index in [0.29, 0.717) is 10.4 Å². The van der Waals surface area contributed by atoms with Crippen molar-refractivity contribution in [1.29, 1.82) is 0 Å². The summed E-state index contributed by atoms with van der Waals surface area (Å²) < 4.78 is 23.6. The molecule has 2 aromatic rings. The molecular formula is C10H8BrNO2S. The van der Waals surface area contributed by atoms with Crippen molar-refractivity contribution >= 4 is 36.7 Å². The van der Waals surface area contributed by atoms with Crippen LogP contribution in [0.4, 0.5) is 0 Å². The molecule has 1 aromatic heterocycles. The molecule has 15 heavy (non-hydrogen) atoms. The van der Waals surface area contributed by atoms with E-state index in [9.17, 15) is 8.42 Å². The van der Waals surface area contributed by atoms with Crippen LogP contribution < -0.4 is 0 Å². The van der Waals surface area contributed by atoms with Gasteiger partial charge in [-0.25, -0.2) is 8.42 Å². The van der Waals surface area contributed by atoms with Gasteiger partial charge in [0.2, 0.25) is 0 Å². The molecule has 2 rings (SSSR count). The van der Waals surface area contributed by atoms with Gasteiger partial charge in [0.05, 0.1) is 10.4 Å². The molecule has 78 valence electrons. The van der Waals surface area contributed by atoms with Crippen molar-refractivity contribution in [2.45, 2.75) is 4.90 Å². The van der Waals surface area contributed by atoms with Gasteiger partial charge in [-0.3, -0.25) is 4.98 Å². The predicted octanol–water partition coefficient (Wildman–Crippen LogP) is 2.40. The van der Waals surface area contributed by atoms with Crippen molar-refractivity contribution in [2.75, 3.05) is 6.26 Å². The average Bonchev–Trinajstić information content (AvgIpc) is 2.16. The second kappa shape index (κ2) is 3.57. The molecule has 0 unspecified atom stereocenters. The third-order valence-electron chi connectivity index (χ3n) is 2.09. The van der Waals surface area contributed by atoms with Gasteiger partial charge in [-0.2, -0.15) is 0 Å². The van der Waals surface area contributed by atoms with Crippen molar-refractivity contribution in [2.24, 2.45) is 0 Å². The van der Waals surface area contributed by atoms with Crippen LogP contribution in [-0.4, -0.2) is 19.7 Å². The Hall–Kier alpha value is -0.940. The third kappa shape index (κ3) is 2.03. The molecule has 0 atom stereocenters. The summed E-state index contributed by atoms with van der Waals surface area (Å²) in [6.07, 6.45) is 2.82. The first-order chi connectivity index (χ1) is 6.98. The zero-order chi connectivity index (χ0) is 11.1. The zero-order valence-corrected chi connectivity index (χ0v) is 10.3. The van der Waals surface area contributed by atoms with Crippen LogP contribution in [0.5, 0.6) is 0 Å². The molecular weight excluding hydrogens is 278 g/mol. The summed E-state index contributed by atoms with van der Waals surface area (Å²) in [5.41, 5.74) is 0.673. The molecule has 1 heterocycles. The van der Waals surface area contributed by atoms with E-state index in [1.54, 1.807) is 24.4 Å². The van der Waals surface area contributed by atoms with Crippen molar-refractivity contribution in [3.8, 4) is 0 Å². The second-order valence-corrected chi connectivity index (χ2v) is 6.11. The van der Waals surface area contributed by atoms with Gasteiger partial charge in [0.25, 0.3) is 0 Å². The van der Waals surface area contributed by atoms with Crippen molar-refractivity contribution in [3.05, 3.63) is 34.9 Å². The van der Waals surface area contributed by atoms with Crippen LogP contribution in [0.1, 0.15) is 0 Å². The number of rotatable bonds is 1. The minimum absolute atomic E-state index is 0.292. The van der Waals surface area contributed by atoms with E-state index >= 15 is 0 Å². The molecule has 1 aromatic carbocycles. The molecule has 0 saturated heterocycles. The first-order valence-electron chi connectivity index (χ1n) is 4.23. The Balaban J connectivity index is 2.79. The Labute approximate surface area is 96.2 Å². The van der Waals surface area contributed by atoms with E-state index in [1.165, 1.54) is 6.26 Å². The summed E-state index contributed by atoms with van der Waals surface area (Å²) in [5, 5.41) is 0.907. The van der Waals surface area contributed by atoms with Gasteiger partial charge in [0.15, 0.2) is 9.84 Å². The maximum Gasteiger partial charge on any atom is 0.175 e. The molecule has 3 nitrogen and oxygen atoms in total. The summed E-state index contributed by atoms with van der Waals surface area (Å²) in [5.74, 6) is 0.